The molecule has 0 aromatic heterocycles. The average molecular weight is 501 g/mol. The van der Waals surface area contributed by atoms with Crippen molar-refractivity contribution in [1.29, 1.82) is 0 Å². The molecule has 1 fully saturated rings. The number of hydrogen-bond donors (Lipinski definition) is 0. The van der Waals surface area contributed by atoms with Crippen LogP contribution in [0.15, 0.2) is 114 Å². The Bertz CT molecular complexity index is 1540. The van der Waals surface area contributed by atoms with Gasteiger partial charge in [-0.3, -0.25) is 4.79 Å². The number of ether oxygens (including phenoxy) is 1. The van der Waals surface area contributed by atoms with Crippen LogP contribution in [-0.4, -0.2) is 29.2 Å². The Hall–Kier alpha value is -4.51. The smallest absolute Gasteiger partial charge is 0.338 e. The van der Waals surface area contributed by atoms with Gasteiger partial charge >= 0.3 is 5.97 Å². The maximum absolute atomic E-state index is 13.5. The molecule has 2 atom stereocenters. The van der Waals surface area contributed by atoms with Gasteiger partial charge in [-0.15, -0.1) is 0 Å². The summed E-state index contributed by atoms with van der Waals surface area (Å²) in [5.74, 6) is -0.746. The van der Waals surface area contributed by atoms with Crippen LogP contribution < -0.4 is 0 Å². The van der Waals surface area contributed by atoms with E-state index in [-0.39, 0.29) is 24.5 Å². The van der Waals surface area contributed by atoms with Crippen LogP contribution in [0.5, 0.6) is 0 Å². The molecule has 0 spiro atoms. The zero-order valence-electron chi connectivity index (χ0n) is 21.0. The highest BCUT2D eigenvalue weighted by atomic mass is 16.5. The summed E-state index contributed by atoms with van der Waals surface area (Å²) in [6.07, 6.45) is 5.08. The number of benzene rings is 4. The maximum atomic E-state index is 13.5. The molecule has 5 nitrogen and oxygen atoms in total. The number of carbonyl (C=O) groups excluding carboxylic acids is 2. The lowest BCUT2D eigenvalue weighted by atomic mass is 9.77. The summed E-state index contributed by atoms with van der Waals surface area (Å²) in [4.78, 5) is 26.3. The third-order valence-corrected chi connectivity index (χ3v) is 7.35. The summed E-state index contributed by atoms with van der Waals surface area (Å²) in [6.45, 7) is -0.365. The second kappa shape index (κ2) is 10.5. The van der Waals surface area contributed by atoms with Crippen molar-refractivity contribution in [2.75, 3.05) is 6.61 Å². The molecule has 6 rings (SSSR count). The van der Waals surface area contributed by atoms with Crippen LogP contribution >= 0.6 is 0 Å². The third kappa shape index (κ3) is 4.75. The fraction of sp³-hybridized carbons (Fsp3) is 0.182. The van der Waals surface area contributed by atoms with Crippen molar-refractivity contribution >= 4 is 34.4 Å². The van der Waals surface area contributed by atoms with Gasteiger partial charge in [0.25, 0.3) is 5.91 Å². The molecule has 1 heterocycles. The number of hydrazone groups is 1. The summed E-state index contributed by atoms with van der Waals surface area (Å²) in [6, 6.07) is 33.2. The number of amides is 1. The van der Waals surface area contributed by atoms with Crippen LogP contribution in [0.2, 0.25) is 0 Å². The van der Waals surface area contributed by atoms with Crippen molar-refractivity contribution in [2.24, 2.45) is 11.0 Å². The Morgan fingerprint density at radius 2 is 1.58 bits per heavy atom. The van der Waals surface area contributed by atoms with E-state index in [1.807, 2.05) is 78.9 Å². The molecule has 1 aliphatic carbocycles. The predicted molar refractivity (Wildman–Crippen MR) is 149 cm³/mol. The minimum atomic E-state index is -0.519. The number of esters is 1. The van der Waals surface area contributed by atoms with Gasteiger partial charge in [-0.2, -0.15) is 5.10 Å². The molecule has 4 aromatic rings. The maximum Gasteiger partial charge on any atom is 0.338 e. The van der Waals surface area contributed by atoms with E-state index in [4.69, 9.17) is 9.84 Å². The van der Waals surface area contributed by atoms with Crippen LogP contribution in [0, 0.1) is 5.92 Å². The summed E-state index contributed by atoms with van der Waals surface area (Å²) in [7, 11) is 0. The number of rotatable bonds is 5. The quantitative estimate of drug-likeness (QED) is 0.283. The minimum Gasteiger partial charge on any atom is -0.452 e. The molecular weight excluding hydrogens is 472 g/mol. The SMILES string of the molecule is O=C(OCC(=O)N1N=C2C(=Cc3ccccc3)CCCC2C1c1ccccc1)c1ccc2ccccc2c1. The van der Waals surface area contributed by atoms with E-state index >= 15 is 0 Å². The van der Waals surface area contributed by atoms with Gasteiger partial charge < -0.3 is 4.74 Å². The van der Waals surface area contributed by atoms with E-state index in [0.29, 0.717) is 5.56 Å². The summed E-state index contributed by atoms with van der Waals surface area (Å²) in [5.41, 5.74) is 4.70. The van der Waals surface area contributed by atoms with Crippen LogP contribution in [0.25, 0.3) is 16.8 Å². The standard InChI is InChI=1S/C33H28N2O3/c36-30(22-38-33(37)28-19-18-24-12-7-8-15-26(24)21-28)35-32(25-13-5-2-6-14-25)29-17-9-16-27(31(29)34-35)20-23-10-3-1-4-11-23/h1-8,10-15,18-21,29,32H,9,16-17,22H2. The Kier molecular flexibility index (Phi) is 6.57. The van der Waals surface area contributed by atoms with Crippen molar-refractivity contribution in [3.63, 3.8) is 0 Å². The van der Waals surface area contributed by atoms with Gasteiger partial charge in [-0.05, 0) is 64.9 Å². The lowest BCUT2D eigenvalue weighted by Gasteiger charge is -2.29. The number of fused-ring (bicyclic) bond motifs is 2. The number of allylic oxidation sites excluding steroid dienone is 1. The third-order valence-electron chi connectivity index (χ3n) is 7.35. The van der Waals surface area contributed by atoms with E-state index in [9.17, 15) is 9.59 Å². The molecule has 2 aliphatic rings. The average Bonchev–Trinajstić information content (AvgIpc) is 3.37. The highest BCUT2D eigenvalue weighted by Gasteiger charge is 2.43. The molecule has 5 heteroatoms. The highest BCUT2D eigenvalue weighted by Crippen LogP contribution is 2.44. The fourth-order valence-corrected chi connectivity index (χ4v) is 5.53. The van der Waals surface area contributed by atoms with E-state index in [2.05, 4.69) is 18.2 Å². The van der Waals surface area contributed by atoms with Crippen molar-refractivity contribution < 1.29 is 14.3 Å². The van der Waals surface area contributed by atoms with Crippen LogP contribution in [0.3, 0.4) is 0 Å². The molecule has 0 radical (unpaired) electrons. The number of hydrogen-bond acceptors (Lipinski definition) is 4. The molecule has 1 aliphatic heterocycles. The van der Waals surface area contributed by atoms with Gasteiger partial charge in [0.2, 0.25) is 0 Å². The Labute approximate surface area is 222 Å². The van der Waals surface area contributed by atoms with Gasteiger partial charge in [0.15, 0.2) is 6.61 Å². The number of nitrogens with zero attached hydrogens (tertiary/aromatic N) is 2. The molecule has 1 saturated carbocycles. The summed E-state index contributed by atoms with van der Waals surface area (Å²) in [5, 5.41) is 8.42. The summed E-state index contributed by atoms with van der Waals surface area (Å²) >= 11 is 0. The fourth-order valence-electron chi connectivity index (χ4n) is 5.53. The summed E-state index contributed by atoms with van der Waals surface area (Å²) < 4.78 is 5.50. The van der Waals surface area contributed by atoms with Crippen molar-refractivity contribution in [2.45, 2.75) is 25.3 Å². The van der Waals surface area contributed by atoms with Crippen LogP contribution in [0.4, 0.5) is 0 Å². The lowest BCUT2D eigenvalue weighted by molar-refractivity contribution is -0.137. The monoisotopic (exact) mass is 500 g/mol. The largest absolute Gasteiger partial charge is 0.452 e. The van der Waals surface area contributed by atoms with Crippen molar-refractivity contribution in [3.8, 4) is 0 Å². The first-order chi connectivity index (χ1) is 18.7. The van der Waals surface area contributed by atoms with E-state index < -0.39 is 5.97 Å². The van der Waals surface area contributed by atoms with E-state index in [1.54, 1.807) is 17.1 Å². The van der Waals surface area contributed by atoms with Gasteiger partial charge in [0.05, 0.1) is 17.3 Å². The minimum absolute atomic E-state index is 0.0984. The first-order valence-corrected chi connectivity index (χ1v) is 13.0. The van der Waals surface area contributed by atoms with Crippen LogP contribution in [0.1, 0.15) is 46.8 Å². The van der Waals surface area contributed by atoms with E-state index in [0.717, 1.165) is 52.4 Å². The van der Waals surface area contributed by atoms with Crippen molar-refractivity contribution in [3.05, 3.63) is 125 Å². The van der Waals surface area contributed by atoms with E-state index in [1.165, 1.54) is 0 Å². The Morgan fingerprint density at radius 1 is 0.868 bits per heavy atom. The number of carbonyl (C=O) groups is 2. The first-order valence-electron chi connectivity index (χ1n) is 13.0. The molecule has 0 N–H and O–H groups in total. The second-order valence-corrected chi connectivity index (χ2v) is 9.80. The van der Waals surface area contributed by atoms with Gasteiger partial charge in [0, 0.05) is 5.92 Å². The lowest BCUT2D eigenvalue weighted by Crippen LogP contribution is -2.34. The predicted octanol–water partition coefficient (Wildman–Crippen LogP) is 6.82. The Balaban J connectivity index is 1.26. The van der Waals surface area contributed by atoms with Crippen LogP contribution in [-0.2, 0) is 9.53 Å². The molecule has 0 bridgehead atoms. The molecule has 0 saturated heterocycles. The molecule has 2 unspecified atom stereocenters. The molecule has 188 valence electrons. The molecule has 4 aromatic carbocycles. The van der Waals surface area contributed by atoms with Gasteiger partial charge in [-0.1, -0.05) is 91.0 Å². The highest BCUT2D eigenvalue weighted by molar-refractivity contribution is 6.08. The topological polar surface area (TPSA) is 59.0 Å². The Morgan fingerprint density at radius 3 is 2.37 bits per heavy atom. The zero-order chi connectivity index (χ0) is 25.9. The zero-order valence-corrected chi connectivity index (χ0v) is 21.0. The molecular formula is C33H28N2O3. The van der Waals surface area contributed by atoms with Gasteiger partial charge in [-0.25, -0.2) is 9.80 Å². The van der Waals surface area contributed by atoms with Gasteiger partial charge in [0.1, 0.15) is 0 Å². The molecule has 1 amide bonds. The molecule has 38 heavy (non-hydrogen) atoms. The first kappa shape index (κ1) is 23.9. The second-order valence-electron chi connectivity index (χ2n) is 9.80. The van der Waals surface area contributed by atoms with Crippen molar-refractivity contribution in [1.82, 2.24) is 5.01 Å². The normalized spacial score (nSPS) is 19.7.